The van der Waals surface area contributed by atoms with Crippen LogP contribution in [0.1, 0.15) is 20.3 Å². The van der Waals surface area contributed by atoms with Gasteiger partial charge in [-0.05, 0) is 17.9 Å². The van der Waals surface area contributed by atoms with E-state index in [1.807, 2.05) is 0 Å². The fourth-order valence-electron chi connectivity index (χ4n) is 2.11. The molecule has 100 valence electrons. The number of nitrogen functional groups attached to an aromatic ring is 1. The number of nitrogens with one attached hydrogen (secondary N) is 1. The van der Waals surface area contributed by atoms with Crippen LogP contribution in [0, 0.1) is 5.41 Å². The zero-order valence-corrected chi connectivity index (χ0v) is 11.4. The number of nitrogens with zero attached hydrogens (tertiary/aromatic N) is 2. The molecule has 1 aliphatic heterocycles. The van der Waals surface area contributed by atoms with Gasteiger partial charge in [0.25, 0.3) is 0 Å². The van der Waals surface area contributed by atoms with Crippen LogP contribution in [-0.2, 0) is 10.0 Å². The molecule has 0 aromatic carbocycles. The molecule has 0 atom stereocenters. The number of anilines is 1. The van der Waals surface area contributed by atoms with Crippen LogP contribution in [0.15, 0.2) is 23.4 Å². The molecule has 18 heavy (non-hydrogen) atoms. The normalized spacial score (nSPS) is 19.9. The van der Waals surface area contributed by atoms with Crippen LogP contribution in [0.5, 0.6) is 0 Å². The van der Waals surface area contributed by atoms with E-state index in [0.29, 0.717) is 18.8 Å². The molecule has 1 aromatic rings. The average Bonchev–Trinajstić information content (AvgIpc) is 2.70. The van der Waals surface area contributed by atoms with Crippen LogP contribution >= 0.6 is 0 Å². The van der Waals surface area contributed by atoms with Crippen molar-refractivity contribution in [2.45, 2.75) is 25.2 Å². The summed E-state index contributed by atoms with van der Waals surface area (Å²) < 4.78 is 26.5. The van der Waals surface area contributed by atoms with E-state index in [2.05, 4.69) is 24.3 Å². The number of nitrogens with two attached hydrogens (primary N) is 1. The Balaban J connectivity index is 2.38. The largest absolute Gasteiger partial charge is 0.323 e. The molecule has 0 radical (unpaired) electrons. The molecule has 1 fully saturated rings. The van der Waals surface area contributed by atoms with Crippen LogP contribution in [0.2, 0.25) is 0 Å². The molecule has 1 saturated heterocycles. The molecule has 0 bridgehead atoms. The van der Waals surface area contributed by atoms with Gasteiger partial charge >= 0.3 is 0 Å². The highest BCUT2D eigenvalue weighted by atomic mass is 32.2. The lowest BCUT2D eigenvalue weighted by Gasteiger charge is -2.20. The van der Waals surface area contributed by atoms with Gasteiger partial charge < -0.3 is 5.43 Å². The quantitative estimate of drug-likeness (QED) is 0.626. The summed E-state index contributed by atoms with van der Waals surface area (Å²) in [6.07, 6.45) is 3.69. The minimum absolute atomic E-state index is 0.0194. The number of pyridine rings is 1. The highest BCUT2D eigenvalue weighted by molar-refractivity contribution is 7.89. The maximum absolute atomic E-state index is 12.5. The predicted molar refractivity (Wildman–Crippen MR) is 69.2 cm³/mol. The Morgan fingerprint density at radius 2 is 2.22 bits per heavy atom. The lowest BCUT2D eigenvalue weighted by Crippen LogP contribution is -2.31. The third kappa shape index (κ3) is 2.33. The lowest BCUT2D eigenvalue weighted by molar-refractivity contribution is 0.375. The molecule has 2 heterocycles. The highest BCUT2D eigenvalue weighted by Gasteiger charge is 2.37. The maximum atomic E-state index is 12.5. The Labute approximate surface area is 107 Å². The Bertz CT molecular complexity index is 542. The standard InChI is InChI=1S/C11H18N4O2S/c1-11(2)4-6-15(8-11)18(16,17)10-7-13-5-3-9(10)14-12/h3,5,7H,4,6,8,12H2,1-2H3,(H,13,14). The third-order valence-corrected chi connectivity index (χ3v) is 5.07. The summed E-state index contributed by atoms with van der Waals surface area (Å²) in [5.74, 6) is 5.34. The zero-order chi connectivity index (χ0) is 13.4. The van der Waals surface area contributed by atoms with Gasteiger partial charge in [-0.1, -0.05) is 13.8 Å². The second-order valence-electron chi connectivity index (χ2n) is 5.27. The minimum atomic E-state index is -3.52. The Morgan fingerprint density at radius 1 is 1.50 bits per heavy atom. The summed E-state index contributed by atoms with van der Waals surface area (Å²) in [4.78, 5) is 4.00. The van der Waals surface area contributed by atoms with Crippen LogP contribution in [0.3, 0.4) is 0 Å². The molecular formula is C11H18N4O2S. The van der Waals surface area contributed by atoms with Crippen molar-refractivity contribution in [3.63, 3.8) is 0 Å². The molecule has 0 aliphatic carbocycles. The Hall–Kier alpha value is -1.18. The van der Waals surface area contributed by atoms with Gasteiger partial charge in [-0.15, -0.1) is 0 Å². The first-order valence-corrected chi connectivity index (χ1v) is 7.22. The summed E-state index contributed by atoms with van der Waals surface area (Å²) in [6.45, 7) is 5.18. The summed E-state index contributed by atoms with van der Waals surface area (Å²) >= 11 is 0. The number of hydrogen-bond acceptors (Lipinski definition) is 5. The molecule has 0 amide bonds. The van der Waals surface area contributed by atoms with Crippen molar-refractivity contribution >= 4 is 15.7 Å². The van der Waals surface area contributed by atoms with Crippen molar-refractivity contribution < 1.29 is 8.42 Å². The molecule has 2 rings (SSSR count). The summed E-state index contributed by atoms with van der Waals surface area (Å²) in [5, 5.41) is 0. The number of hydrogen-bond donors (Lipinski definition) is 2. The number of hydrazine groups is 1. The molecule has 1 aromatic heterocycles. The second kappa shape index (κ2) is 4.49. The zero-order valence-electron chi connectivity index (χ0n) is 10.5. The monoisotopic (exact) mass is 270 g/mol. The lowest BCUT2D eigenvalue weighted by atomic mass is 9.93. The molecule has 0 spiro atoms. The van der Waals surface area contributed by atoms with Gasteiger partial charge in [-0.3, -0.25) is 10.8 Å². The van der Waals surface area contributed by atoms with Gasteiger partial charge in [0.1, 0.15) is 4.90 Å². The first kappa shape index (κ1) is 13.3. The van der Waals surface area contributed by atoms with E-state index in [1.54, 1.807) is 6.07 Å². The van der Waals surface area contributed by atoms with Gasteiger partial charge in [0.2, 0.25) is 10.0 Å². The van der Waals surface area contributed by atoms with Gasteiger partial charge in [-0.2, -0.15) is 4.31 Å². The van der Waals surface area contributed by atoms with Gasteiger partial charge in [0, 0.05) is 25.5 Å². The molecule has 0 unspecified atom stereocenters. The molecule has 6 nitrogen and oxygen atoms in total. The molecule has 3 N–H and O–H groups in total. The summed E-state index contributed by atoms with van der Waals surface area (Å²) in [5.41, 5.74) is 2.79. The molecular weight excluding hydrogens is 252 g/mol. The maximum Gasteiger partial charge on any atom is 0.246 e. The van der Waals surface area contributed by atoms with Crippen molar-refractivity contribution in [2.75, 3.05) is 18.5 Å². The smallest absolute Gasteiger partial charge is 0.246 e. The van der Waals surface area contributed by atoms with Crippen molar-refractivity contribution in [3.05, 3.63) is 18.5 Å². The molecule has 7 heteroatoms. The highest BCUT2D eigenvalue weighted by Crippen LogP contribution is 2.34. The summed E-state index contributed by atoms with van der Waals surface area (Å²) in [7, 11) is -3.52. The third-order valence-electron chi connectivity index (χ3n) is 3.20. The van der Waals surface area contributed by atoms with E-state index < -0.39 is 10.0 Å². The topological polar surface area (TPSA) is 88.3 Å². The van der Waals surface area contributed by atoms with E-state index in [9.17, 15) is 8.42 Å². The molecule has 0 saturated carbocycles. The molecule has 1 aliphatic rings. The van der Waals surface area contributed by atoms with E-state index in [0.717, 1.165) is 6.42 Å². The fraction of sp³-hybridized carbons (Fsp3) is 0.545. The van der Waals surface area contributed by atoms with Crippen LogP contribution in [-0.4, -0.2) is 30.8 Å². The minimum Gasteiger partial charge on any atom is -0.323 e. The van der Waals surface area contributed by atoms with Gasteiger partial charge in [0.05, 0.1) is 5.69 Å². The van der Waals surface area contributed by atoms with Crippen molar-refractivity contribution in [2.24, 2.45) is 11.3 Å². The Kier molecular flexibility index (Phi) is 3.31. The van der Waals surface area contributed by atoms with Crippen LogP contribution in [0.4, 0.5) is 5.69 Å². The van der Waals surface area contributed by atoms with Crippen molar-refractivity contribution in [1.82, 2.24) is 9.29 Å². The van der Waals surface area contributed by atoms with E-state index >= 15 is 0 Å². The van der Waals surface area contributed by atoms with Crippen molar-refractivity contribution in [1.29, 1.82) is 0 Å². The van der Waals surface area contributed by atoms with Crippen LogP contribution in [0.25, 0.3) is 0 Å². The first-order valence-electron chi connectivity index (χ1n) is 5.78. The Morgan fingerprint density at radius 3 is 2.78 bits per heavy atom. The fourth-order valence-corrected chi connectivity index (χ4v) is 3.84. The van der Waals surface area contributed by atoms with Gasteiger partial charge in [0.15, 0.2) is 0 Å². The van der Waals surface area contributed by atoms with E-state index in [-0.39, 0.29) is 10.3 Å². The van der Waals surface area contributed by atoms with E-state index in [4.69, 9.17) is 5.84 Å². The van der Waals surface area contributed by atoms with E-state index in [1.165, 1.54) is 16.7 Å². The average molecular weight is 270 g/mol. The summed E-state index contributed by atoms with van der Waals surface area (Å²) in [6, 6.07) is 1.55. The SMILES string of the molecule is CC1(C)CCN(S(=O)(=O)c2cnccc2NN)C1. The first-order chi connectivity index (χ1) is 8.37. The van der Waals surface area contributed by atoms with Crippen molar-refractivity contribution in [3.8, 4) is 0 Å². The van der Waals surface area contributed by atoms with Gasteiger partial charge in [-0.25, -0.2) is 8.42 Å². The van der Waals surface area contributed by atoms with Crippen LogP contribution < -0.4 is 11.3 Å². The number of sulfonamides is 1. The number of rotatable bonds is 3. The number of aromatic nitrogens is 1. The second-order valence-corrected chi connectivity index (χ2v) is 7.18. The predicted octanol–water partition coefficient (Wildman–Crippen LogP) is 0.788.